The summed E-state index contributed by atoms with van der Waals surface area (Å²) >= 11 is 0. The quantitative estimate of drug-likeness (QED) is 0.0738. The van der Waals surface area contributed by atoms with Crippen molar-refractivity contribution in [2.24, 2.45) is 0 Å². The normalized spacial score (nSPS) is 25.9. The molecule has 0 aromatic heterocycles. The lowest BCUT2D eigenvalue weighted by Gasteiger charge is -2.52. The summed E-state index contributed by atoms with van der Waals surface area (Å²) in [7, 11) is 0.929. The van der Waals surface area contributed by atoms with Crippen molar-refractivity contribution in [1.29, 1.82) is 0 Å². The number of methoxy groups -OCH3 is 1. The molecule has 21 heteroatoms. The Bertz CT molecular complexity index is 2360. The lowest BCUT2D eigenvalue weighted by atomic mass is 9.86. The second kappa shape index (κ2) is 23.6. The number of carbonyl (C=O) groups is 8. The number of carbonyl (C=O) groups excluding carboxylic acids is 8. The molecule has 6 rings (SSSR count). The Hall–Kier alpha value is -6.88. The highest BCUT2D eigenvalue weighted by molar-refractivity contribution is 6.21. The van der Waals surface area contributed by atoms with E-state index in [-0.39, 0.29) is 36.5 Å². The largest absolute Gasteiger partial charge is 0.465 e. The summed E-state index contributed by atoms with van der Waals surface area (Å²) in [4.78, 5) is 109. The van der Waals surface area contributed by atoms with Gasteiger partial charge in [-0.05, 0) is 29.8 Å². The van der Waals surface area contributed by atoms with Crippen LogP contribution in [0.15, 0.2) is 97.6 Å². The van der Waals surface area contributed by atoms with Gasteiger partial charge in [-0.2, -0.15) is 0 Å². The van der Waals surface area contributed by atoms with Crippen molar-refractivity contribution in [2.45, 2.75) is 108 Å². The molecule has 0 bridgehead atoms. The van der Waals surface area contributed by atoms with Gasteiger partial charge >= 0.3 is 35.8 Å². The van der Waals surface area contributed by atoms with Gasteiger partial charge in [0, 0.05) is 27.7 Å². The Morgan fingerprint density at radius 3 is 2.00 bits per heavy atom. The minimum atomic E-state index is -2.99. The van der Waals surface area contributed by atoms with E-state index in [9.17, 15) is 43.5 Å². The molecule has 3 aromatic rings. The smallest absolute Gasteiger partial charge is 0.366 e. The van der Waals surface area contributed by atoms with E-state index in [0.29, 0.717) is 4.90 Å². The van der Waals surface area contributed by atoms with Crippen LogP contribution in [0.2, 0.25) is 0 Å². The highest BCUT2D eigenvalue weighted by Gasteiger charge is 2.65. The van der Waals surface area contributed by atoms with Gasteiger partial charge in [-0.1, -0.05) is 66.7 Å². The van der Waals surface area contributed by atoms with Crippen molar-refractivity contribution >= 4 is 47.6 Å². The summed E-state index contributed by atoms with van der Waals surface area (Å²) in [6.45, 7) is 6.26. The first-order valence-corrected chi connectivity index (χ1v) is 22.0. The van der Waals surface area contributed by atoms with Crippen LogP contribution < -0.4 is 0 Å². The first kappa shape index (κ1) is 52.5. The van der Waals surface area contributed by atoms with Gasteiger partial charge in [-0.15, -0.1) is 6.58 Å². The molecule has 0 spiro atoms. The first-order valence-electron chi connectivity index (χ1n) is 22.0. The van der Waals surface area contributed by atoms with Crippen molar-refractivity contribution in [3.8, 4) is 0 Å². The van der Waals surface area contributed by atoms with E-state index >= 15 is 0 Å². The molecular formula is C49H53NO20. The molecule has 0 aliphatic carbocycles. The van der Waals surface area contributed by atoms with Crippen LogP contribution in [0.5, 0.6) is 0 Å². The number of aliphatic hydroxyl groups is 1. The molecule has 3 aliphatic rings. The maximum absolute atomic E-state index is 14.7. The molecule has 3 aromatic carbocycles. The third-order valence-electron chi connectivity index (χ3n) is 11.2. The molecule has 374 valence electrons. The highest BCUT2D eigenvalue weighted by Crippen LogP contribution is 2.44. The first-order chi connectivity index (χ1) is 33.5. The standard InChI is InChI=1S/C49H53NO20/c1-7-22-62-47-43(68-46(58)32-18-12-9-13-19-32)42(39(55)36(67-47)25-61-24-31-16-10-8-11-17-31)70-49(48(59)60-6)23-35(64-28(3)52)38(50-44(56)33-20-14-15-21-34(33)45(50)57)41(69-49)40(66-30(5)54)37(65-29(4)53)26-63-27(2)51/h7-21,35-43,47,55H,1,22-26H2,2-6H3/t35-,36+,37+,38+,39-,40+,41+,42-,43+,47-,49-/m0/s1. The molecule has 2 amide bonds. The highest BCUT2D eigenvalue weighted by atomic mass is 16.8. The van der Waals surface area contributed by atoms with E-state index < -0.39 is 128 Å². The van der Waals surface area contributed by atoms with Crippen LogP contribution in [0.25, 0.3) is 0 Å². The molecule has 0 unspecified atom stereocenters. The molecule has 11 atom stereocenters. The number of fused-ring (bicyclic) bond motifs is 1. The Balaban J connectivity index is 1.54. The van der Waals surface area contributed by atoms with Crippen LogP contribution in [0, 0.1) is 0 Å². The Labute approximate surface area is 401 Å². The Morgan fingerprint density at radius 1 is 0.814 bits per heavy atom. The van der Waals surface area contributed by atoms with Crippen molar-refractivity contribution in [3.05, 3.63) is 120 Å². The van der Waals surface area contributed by atoms with Crippen LogP contribution in [0.4, 0.5) is 0 Å². The lowest BCUT2D eigenvalue weighted by molar-refractivity contribution is -0.371. The maximum Gasteiger partial charge on any atom is 0.366 e. The number of rotatable bonds is 20. The summed E-state index contributed by atoms with van der Waals surface area (Å²) in [6, 6.07) is 20.5. The zero-order valence-electron chi connectivity index (χ0n) is 38.8. The third kappa shape index (κ3) is 12.3. The van der Waals surface area contributed by atoms with Crippen LogP contribution in [0.1, 0.15) is 70.8 Å². The number of hydrogen-bond acceptors (Lipinski definition) is 20. The monoisotopic (exact) mass is 975 g/mol. The number of amides is 2. The van der Waals surface area contributed by atoms with Gasteiger partial charge in [0.25, 0.3) is 17.6 Å². The predicted octanol–water partition coefficient (Wildman–Crippen LogP) is 2.78. The average molecular weight is 976 g/mol. The van der Waals surface area contributed by atoms with Crippen molar-refractivity contribution in [2.75, 3.05) is 26.9 Å². The number of hydrogen-bond donors (Lipinski definition) is 1. The topological polar surface area (TPSA) is 262 Å². The van der Waals surface area contributed by atoms with Gasteiger partial charge in [-0.3, -0.25) is 33.7 Å². The number of ether oxygens (including phenoxy) is 11. The van der Waals surface area contributed by atoms with Gasteiger partial charge in [-0.25, -0.2) is 9.59 Å². The lowest BCUT2D eigenvalue weighted by Crippen LogP contribution is -2.72. The maximum atomic E-state index is 14.7. The van der Waals surface area contributed by atoms with Gasteiger partial charge < -0.3 is 57.2 Å². The van der Waals surface area contributed by atoms with Crippen molar-refractivity contribution < 1.29 is 95.6 Å². The number of nitrogens with zero attached hydrogens (tertiary/aromatic N) is 1. The van der Waals surface area contributed by atoms with Crippen LogP contribution in [0.3, 0.4) is 0 Å². The SMILES string of the molecule is C=CCO[C@H]1O[C@H](COCc2ccccc2)[C@H](O)[C@H](O[C@]2(C(=O)OC)C[C@H](OC(C)=O)[C@@H](N3C(=O)c4ccccc4C3=O)[C@H]([C@H](OC(C)=O)[C@@H](COC(C)=O)OC(C)=O)O2)[C@H]1OC(=O)c1ccccc1. The molecule has 70 heavy (non-hydrogen) atoms. The fourth-order valence-corrected chi connectivity index (χ4v) is 8.32. The van der Waals surface area contributed by atoms with E-state index in [1.54, 1.807) is 42.5 Å². The molecule has 21 nitrogen and oxygen atoms in total. The third-order valence-corrected chi connectivity index (χ3v) is 11.2. The minimum Gasteiger partial charge on any atom is -0.465 e. The van der Waals surface area contributed by atoms with Crippen molar-refractivity contribution in [3.63, 3.8) is 0 Å². The van der Waals surface area contributed by atoms with E-state index in [1.165, 1.54) is 42.5 Å². The summed E-state index contributed by atoms with van der Waals surface area (Å²) in [5.74, 6) is -11.3. The van der Waals surface area contributed by atoms with Gasteiger partial charge in [0.05, 0.1) is 50.0 Å². The fourth-order valence-electron chi connectivity index (χ4n) is 8.32. The zero-order valence-corrected chi connectivity index (χ0v) is 38.8. The van der Waals surface area contributed by atoms with E-state index in [1.807, 2.05) is 6.07 Å². The second-order valence-electron chi connectivity index (χ2n) is 16.2. The molecular weight excluding hydrogens is 923 g/mol. The summed E-state index contributed by atoms with van der Waals surface area (Å²) in [5.41, 5.74) is 0.617. The number of benzene rings is 3. The number of aliphatic hydroxyl groups excluding tert-OH is 1. The zero-order chi connectivity index (χ0) is 50.7. The molecule has 3 heterocycles. The van der Waals surface area contributed by atoms with Crippen molar-refractivity contribution in [1.82, 2.24) is 4.90 Å². The van der Waals surface area contributed by atoms with Gasteiger partial charge in [0.1, 0.15) is 43.2 Å². The average Bonchev–Trinajstić information content (AvgIpc) is 3.58. The van der Waals surface area contributed by atoms with Crippen LogP contribution in [-0.4, -0.2) is 152 Å². The Morgan fingerprint density at radius 2 is 1.43 bits per heavy atom. The minimum absolute atomic E-state index is 0.0374. The molecule has 0 saturated carbocycles. The molecule has 2 saturated heterocycles. The van der Waals surface area contributed by atoms with Crippen LogP contribution >= 0.6 is 0 Å². The summed E-state index contributed by atoms with van der Waals surface area (Å²) < 4.78 is 65.1. The van der Waals surface area contributed by atoms with Crippen LogP contribution in [-0.2, 0) is 82.7 Å². The van der Waals surface area contributed by atoms with E-state index in [0.717, 1.165) is 40.4 Å². The molecule has 1 N–H and O–H groups in total. The Kier molecular flexibility index (Phi) is 17.7. The fraction of sp³-hybridized carbons (Fsp3) is 0.429. The van der Waals surface area contributed by atoms with Gasteiger partial charge in [0.15, 0.2) is 24.6 Å². The van der Waals surface area contributed by atoms with Gasteiger partial charge in [0.2, 0.25) is 0 Å². The predicted molar refractivity (Wildman–Crippen MR) is 236 cm³/mol. The molecule has 0 radical (unpaired) electrons. The number of imide groups is 1. The summed E-state index contributed by atoms with van der Waals surface area (Å²) in [6.07, 6.45) is -16.2. The number of esters is 6. The molecule has 2 fully saturated rings. The summed E-state index contributed by atoms with van der Waals surface area (Å²) in [5, 5.41) is 12.4. The second-order valence-corrected chi connectivity index (χ2v) is 16.2. The molecule has 3 aliphatic heterocycles. The van der Waals surface area contributed by atoms with E-state index in [2.05, 4.69) is 6.58 Å². The van der Waals surface area contributed by atoms with E-state index in [4.69, 9.17) is 52.1 Å².